The molecule has 0 saturated carbocycles. The lowest BCUT2D eigenvalue weighted by Crippen LogP contribution is -2.54. The standard InChI is InChI=1S/C24H33FN6O/c1-18(2)31-14-9-22(20(25)17-31)29-12-4-13-30(16-15-29)23-6-3-5-21(28-23)24(32)27-19-7-10-26-11-8-19/h3,5-8,10-11,18,20,22H,4,9,12-17H2,1-2H3,(H,26,27,32). The first kappa shape index (κ1) is 22.6. The summed E-state index contributed by atoms with van der Waals surface area (Å²) in [6.07, 6.45) is 4.29. The van der Waals surface area contributed by atoms with Crippen LogP contribution in [0.25, 0.3) is 0 Å². The Morgan fingerprint density at radius 1 is 1.09 bits per heavy atom. The number of alkyl halides is 1. The summed E-state index contributed by atoms with van der Waals surface area (Å²) in [7, 11) is 0. The molecule has 2 aliphatic heterocycles. The Balaban J connectivity index is 1.37. The second kappa shape index (κ2) is 10.4. The summed E-state index contributed by atoms with van der Waals surface area (Å²) in [5, 5.41) is 2.85. The molecule has 0 aromatic carbocycles. The number of rotatable bonds is 5. The molecule has 8 heteroatoms. The fourth-order valence-corrected chi connectivity index (χ4v) is 4.65. The van der Waals surface area contributed by atoms with Crippen molar-refractivity contribution >= 4 is 17.4 Å². The number of hydrogen-bond donors (Lipinski definition) is 1. The van der Waals surface area contributed by atoms with Crippen LogP contribution >= 0.6 is 0 Å². The van der Waals surface area contributed by atoms with Gasteiger partial charge in [0.1, 0.15) is 17.7 Å². The molecule has 1 amide bonds. The zero-order chi connectivity index (χ0) is 22.5. The van der Waals surface area contributed by atoms with Gasteiger partial charge in [-0.15, -0.1) is 0 Å². The van der Waals surface area contributed by atoms with Gasteiger partial charge in [0.2, 0.25) is 0 Å². The first-order chi connectivity index (χ1) is 15.5. The normalized spacial score (nSPS) is 23.2. The zero-order valence-electron chi connectivity index (χ0n) is 19.0. The maximum absolute atomic E-state index is 15.0. The van der Waals surface area contributed by atoms with Crippen molar-refractivity contribution in [2.24, 2.45) is 0 Å². The molecule has 1 N–H and O–H groups in total. The lowest BCUT2D eigenvalue weighted by molar-refractivity contribution is 0.0254. The second-order valence-electron chi connectivity index (χ2n) is 8.91. The number of carbonyl (C=O) groups excluding carboxylic acids is 1. The Bertz CT molecular complexity index is 895. The van der Waals surface area contributed by atoms with Crippen molar-refractivity contribution in [3.63, 3.8) is 0 Å². The predicted octanol–water partition coefficient (Wildman–Crippen LogP) is 3.06. The molecular weight excluding hydrogens is 407 g/mol. The van der Waals surface area contributed by atoms with E-state index in [1.165, 1.54) is 0 Å². The van der Waals surface area contributed by atoms with Crippen molar-refractivity contribution in [2.75, 3.05) is 49.5 Å². The van der Waals surface area contributed by atoms with E-state index in [1.54, 1.807) is 30.6 Å². The van der Waals surface area contributed by atoms with E-state index >= 15 is 0 Å². The van der Waals surface area contributed by atoms with E-state index in [-0.39, 0.29) is 11.9 Å². The molecule has 2 aliphatic rings. The number of amides is 1. The molecule has 2 aromatic rings. The molecule has 0 spiro atoms. The van der Waals surface area contributed by atoms with E-state index < -0.39 is 6.17 Å². The number of pyridine rings is 2. The van der Waals surface area contributed by atoms with Crippen molar-refractivity contribution in [3.8, 4) is 0 Å². The first-order valence-electron chi connectivity index (χ1n) is 11.6. The fraction of sp³-hybridized carbons (Fsp3) is 0.542. The molecular formula is C24H33FN6O. The Labute approximate surface area is 189 Å². The number of nitrogens with zero attached hydrogens (tertiary/aromatic N) is 5. The van der Waals surface area contributed by atoms with E-state index in [0.717, 1.165) is 51.4 Å². The molecule has 0 bridgehead atoms. The number of halogens is 1. The Kier molecular flexibility index (Phi) is 7.32. The molecule has 0 radical (unpaired) electrons. The third kappa shape index (κ3) is 5.42. The maximum atomic E-state index is 15.0. The Morgan fingerprint density at radius 3 is 2.66 bits per heavy atom. The Hall–Kier alpha value is -2.58. The summed E-state index contributed by atoms with van der Waals surface area (Å²) in [5.41, 5.74) is 1.07. The third-order valence-electron chi connectivity index (χ3n) is 6.50. The zero-order valence-corrected chi connectivity index (χ0v) is 19.0. The van der Waals surface area contributed by atoms with Gasteiger partial charge in [0.25, 0.3) is 5.91 Å². The maximum Gasteiger partial charge on any atom is 0.274 e. The largest absolute Gasteiger partial charge is 0.355 e. The minimum absolute atomic E-state index is 0.00427. The van der Waals surface area contributed by atoms with Gasteiger partial charge in [-0.1, -0.05) is 6.07 Å². The van der Waals surface area contributed by atoms with Gasteiger partial charge < -0.3 is 10.2 Å². The van der Waals surface area contributed by atoms with Crippen LogP contribution in [0.1, 0.15) is 37.2 Å². The third-order valence-corrected chi connectivity index (χ3v) is 6.50. The molecule has 0 aliphatic carbocycles. The van der Waals surface area contributed by atoms with Gasteiger partial charge in [-0.2, -0.15) is 0 Å². The number of hydrogen-bond acceptors (Lipinski definition) is 6. The number of likely N-dealkylation sites (tertiary alicyclic amines) is 1. The van der Waals surface area contributed by atoms with E-state index in [9.17, 15) is 9.18 Å². The molecule has 2 atom stereocenters. The van der Waals surface area contributed by atoms with Gasteiger partial charge in [-0.25, -0.2) is 9.37 Å². The van der Waals surface area contributed by atoms with Gasteiger partial charge in [0.15, 0.2) is 0 Å². The summed E-state index contributed by atoms with van der Waals surface area (Å²) in [6.45, 7) is 9.08. The number of piperidine rings is 1. The van der Waals surface area contributed by atoms with Crippen LogP contribution in [0.4, 0.5) is 15.9 Å². The molecule has 32 heavy (non-hydrogen) atoms. The van der Waals surface area contributed by atoms with Crippen LogP contribution in [0.5, 0.6) is 0 Å². The fourth-order valence-electron chi connectivity index (χ4n) is 4.65. The molecule has 2 unspecified atom stereocenters. The van der Waals surface area contributed by atoms with Gasteiger partial charge in [0.05, 0.1) is 0 Å². The predicted molar refractivity (Wildman–Crippen MR) is 125 cm³/mol. The summed E-state index contributed by atoms with van der Waals surface area (Å²) >= 11 is 0. The van der Waals surface area contributed by atoms with Crippen molar-refractivity contribution in [2.45, 2.75) is 44.9 Å². The van der Waals surface area contributed by atoms with Gasteiger partial charge in [-0.3, -0.25) is 19.6 Å². The number of anilines is 2. The average Bonchev–Trinajstić information content (AvgIpc) is 3.06. The highest BCUT2D eigenvalue weighted by molar-refractivity contribution is 6.03. The van der Waals surface area contributed by atoms with Crippen molar-refractivity contribution in [1.29, 1.82) is 0 Å². The van der Waals surface area contributed by atoms with Crippen LogP contribution in [-0.2, 0) is 0 Å². The van der Waals surface area contributed by atoms with Crippen molar-refractivity contribution in [1.82, 2.24) is 19.8 Å². The highest BCUT2D eigenvalue weighted by Crippen LogP contribution is 2.24. The lowest BCUT2D eigenvalue weighted by atomic mass is 10.00. The summed E-state index contributed by atoms with van der Waals surface area (Å²) in [6, 6.07) is 9.41. The number of nitrogens with one attached hydrogen (secondary N) is 1. The van der Waals surface area contributed by atoms with Gasteiger partial charge >= 0.3 is 0 Å². The monoisotopic (exact) mass is 440 g/mol. The van der Waals surface area contributed by atoms with E-state index in [1.807, 2.05) is 12.1 Å². The van der Waals surface area contributed by atoms with Crippen molar-refractivity contribution < 1.29 is 9.18 Å². The van der Waals surface area contributed by atoms with E-state index in [2.05, 4.69) is 43.8 Å². The molecule has 2 saturated heterocycles. The summed E-state index contributed by atoms with van der Waals surface area (Å²) in [5.74, 6) is 0.548. The average molecular weight is 441 g/mol. The van der Waals surface area contributed by atoms with E-state index in [4.69, 9.17) is 0 Å². The molecule has 7 nitrogen and oxygen atoms in total. The molecule has 172 valence electrons. The summed E-state index contributed by atoms with van der Waals surface area (Å²) < 4.78 is 15.0. The van der Waals surface area contributed by atoms with E-state index in [0.29, 0.717) is 24.0 Å². The minimum atomic E-state index is -0.809. The van der Waals surface area contributed by atoms with Crippen molar-refractivity contribution in [3.05, 3.63) is 48.4 Å². The quantitative estimate of drug-likeness (QED) is 0.771. The number of aromatic nitrogens is 2. The lowest BCUT2D eigenvalue weighted by Gasteiger charge is -2.41. The molecule has 2 aromatic heterocycles. The molecule has 2 fully saturated rings. The van der Waals surface area contributed by atoms with Gasteiger partial charge in [0, 0.05) is 69.4 Å². The van der Waals surface area contributed by atoms with Crippen LogP contribution in [-0.4, -0.2) is 83.2 Å². The topological polar surface area (TPSA) is 64.6 Å². The second-order valence-corrected chi connectivity index (χ2v) is 8.91. The smallest absolute Gasteiger partial charge is 0.274 e. The van der Waals surface area contributed by atoms with Crippen LogP contribution in [0.3, 0.4) is 0 Å². The van der Waals surface area contributed by atoms with Gasteiger partial charge in [-0.05, 0) is 51.0 Å². The highest BCUT2D eigenvalue weighted by Gasteiger charge is 2.34. The van der Waals surface area contributed by atoms with Crippen LogP contribution in [0, 0.1) is 0 Å². The highest BCUT2D eigenvalue weighted by atomic mass is 19.1. The van der Waals surface area contributed by atoms with Crippen LogP contribution < -0.4 is 10.2 Å². The Morgan fingerprint density at radius 2 is 1.91 bits per heavy atom. The summed E-state index contributed by atoms with van der Waals surface area (Å²) in [4.78, 5) is 28.0. The molecule has 4 heterocycles. The SMILES string of the molecule is CC(C)N1CCC(N2CCCN(c3cccc(C(=O)Nc4ccncc4)n3)CC2)C(F)C1. The minimum Gasteiger partial charge on any atom is -0.355 e. The molecule has 4 rings (SSSR count). The first-order valence-corrected chi connectivity index (χ1v) is 11.6. The van der Waals surface area contributed by atoms with Crippen LogP contribution in [0.2, 0.25) is 0 Å². The number of carbonyl (C=O) groups is 1. The van der Waals surface area contributed by atoms with Crippen LogP contribution in [0.15, 0.2) is 42.7 Å².